The van der Waals surface area contributed by atoms with Gasteiger partial charge in [-0.15, -0.1) is 0 Å². The lowest BCUT2D eigenvalue weighted by Crippen LogP contribution is -2.23. The molecule has 35 heavy (non-hydrogen) atoms. The molecular weight excluding hydrogens is 460 g/mol. The van der Waals surface area contributed by atoms with Gasteiger partial charge in [0.25, 0.3) is 0 Å². The number of carbonyl (C=O) groups excluding carboxylic acids is 1. The van der Waals surface area contributed by atoms with Crippen molar-refractivity contribution in [1.82, 2.24) is 20.1 Å². The first-order chi connectivity index (χ1) is 17.2. The quantitative estimate of drug-likeness (QED) is 0.290. The molecule has 0 saturated carbocycles. The highest BCUT2D eigenvalue weighted by Gasteiger charge is 2.15. The van der Waals surface area contributed by atoms with Crippen molar-refractivity contribution in [3.63, 3.8) is 0 Å². The standard InChI is InChI=1S/C28H23ClN4O2/c29-24-14-8-7-13-23(24)25-18-31-27(35-25)16-15-26(34)30-17-21-19-33(22-11-5-2-6-12-22)32-28(21)20-9-3-1-4-10-20/h1-14,18-19H,15-17H2,(H,30,34). The number of nitrogens with one attached hydrogen (secondary N) is 1. The SMILES string of the molecule is O=C(CCc1ncc(-c2ccccc2Cl)o1)NCc1cn(-c2ccccc2)nc1-c1ccccc1. The molecule has 0 fully saturated rings. The van der Waals surface area contributed by atoms with E-state index in [9.17, 15) is 4.79 Å². The van der Waals surface area contributed by atoms with Crippen LogP contribution in [0, 0.1) is 0 Å². The predicted octanol–water partition coefficient (Wildman–Crippen LogP) is 6.10. The Hall–Kier alpha value is -4.16. The van der Waals surface area contributed by atoms with E-state index < -0.39 is 0 Å². The molecule has 2 aromatic heterocycles. The molecule has 1 amide bonds. The van der Waals surface area contributed by atoms with Gasteiger partial charge in [0, 0.05) is 42.3 Å². The Morgan fingerprint density at radius 1 is 0.943 bits per heavy atom. The minimum atomic E-state index is -0.0889. The molecule has 0 bridgehead atoms. The van der Waals surface area contributed by atoms with E-state index in [0.29, 0.717) is 29.6 Å². The summed E-state index contributed by atoms with van der Waals surface area (Å²) in [6, 6.07) is 27.3. The number of aromatic nitrogens is 3. The highest BCUT2D eigenvalue weighted by molar-refractivity contribution is 6.33. The third kappa shape index (κ3) is 5.34. The van der Waals surface area contributed by atoms with Crippen LogP contribution in [0.2, 0.25) is 5.02 Å². The number of benzene rings is 3. The number of halogens is 1. The maximum atomic E-state index is 12.6. The third-order valence-electron chi connectivity index (χ3n) is 5.59. The lowest BCUT2D eigenvalue weighted by Gasteiger charge is -2.05. The van der Waals surface area contributed by atoms with Gasteiger partial charge in [0.05, 0.1) is 22.6 Å². The number of oxazole rings is 1. The van der Waals surface area contributed by atoms with Crippen LogP contribution in [0.1, 0.15) is 17.9 Å². The van der Waals surface area contributed by atoms with Gasteiger partial charge in [-0.2, -0.15) is 5.10 Å². The topological polar surface area (TPSA) is 73.0 Å². The van der Waals surface area contributed by atoms with Crippen LogP contribution in [0.4, 0.5) is 0 Å². The number of amides is 1. The summed E-state index contributed by atoms with van der Waals surface area (Å²) in [7, 11) is 0. The predicted molar refractivity (Wildman–Crippen MR) is 136 cm³/mol. The maximum absolute atomic E-state index is 12.6. The molecule has 0 atom stereocenters. The van der Waals surface area contributed by atoms with Gasteiger partial charge < -0.3 is 9.73 Å². The van der Waals surface area contributed by atoms with E-state index in [1.165, 1.54) is 0 Å². The van der Waals surface area contributed by atoms with Crippen molar-refractivity contribution in [3.05, 3.63) is 114 Å². The third-order valence-corrected chi connectivity index (χ3v) is 5.92. The molecule has 2 heterocycles. The van der Waals surface area contributed by atoms with Gasteiger partial charge in [-0.3, -0.25) is 4.79 Å². The van der Waals surface area contributed by atoms with Gasteiger partial charge in [0.15, 0.2) is 11.7 Å². The Labute approximate surface area is 208 Å². The highest BCUT2D eigenvalue weighted by atomic mass is 35.5. The molecule has 0 unspecified atom stereocenters. The Morgan fingerprint density at radius 2 is 1.66 bits per heavy atom. The van der Waals surface area contributed by atoms with Crippen LogP contribution >= 0.6 is 11.6 Å². The van der Waals surface area contributed by atoms with Crippen LogP contribution in [0.25, 0.3) is 28.3 Å². The minimum Gasteiger partial charge on any atom is -0.441 e. The number of nitrogens with zero attached hydrogens (tertiary/aromatic N) is 3. The van der Waals surface area contributed by atoms with Crippen molar-refractivity contribution in [3.8, 4) is 28.3 Å². The Balaban J connectivity index is 1.25. The number of carbonyl (C=O) groups is 1. The average Bonchev–Trinajstić information content (AvgIpc) is 3.55. The fraction of sp³-hybridized carbons (Fsp3) is 0.107. The minimum absolute atomic E-state index is 0.0889. The second-order valence-corrected chi connectivity index (χ2v) is 8.43. The van der Waals surface area contributed by atoms with Crippen molar-refractivity contribution in [2.75, 3.05) is 0 Å². The first-order valence-electron chi connectivity index (χ1n) is 11.3. The van der Waals surface area contributed by atoms with E-state index in [1.807, 2.05) is 89.7 Å². The first-order valence-corrected chi connectivity index (χ1v) is 11.7. The Bertz CT molecular complexity index is 1430. The average molecular weight is 483 g/mol. The summed E-state index contributed by atoms with van der Waals surface area (Å²) >= 11 is 6.23. The number of hydrogen-bond donors (Lipinski definition) is 1. The first kappa shape index (κ1) is 22.6. The molecule has 0 aliphatic rings. The second-order valence-electron chi connectivity index (χ2n) is 8.02. The summed E-state index contributed by atoms with van der Waals surface area (Å²) in [5.41, 5.74) is 4.51. The number of aryl methyl sites for hydroxylation is 1. The highest BCUT2D eigenvalue weighted by Crippen LogP contribution is 2.28. The molecule has 1 N–H and O–H groups in total. The van der Waals surface area contributed by atoms with E-state index in [1.54, 1.807) is 12.3 Å². The molecule has 5 aromatic rings. The zero-order valence-corrected chi connectivity index (χ0v) is 19.7. The molecule has 0 aliphatic carbocycles. The van der Waals surface area contributed by atoms with Crippen LogP contribution in [0.3, 0.4) is 0 Å². The van der Waals surface area contributed by atoms with Gasteiger partial charge >= 0.3 is 0 Å². The van der Waals surface area contributed by atoms with E-state index in [-0.39, 0.29) is 12.3 Å². The van der Waals surface area contributed by atoms with E-state index >= 15 is 0 Å². The zero-order chi connectivity index (χ0) is 24.0. The summed E-state index contributed by atoms with van der Waals surface area (Å²) in [6.07, 6.45) is 4.25. The van der Waals surface area contributed by atoms with Crippen LogP contribution < -0.4 is 5.32 Å². The summed E-state index contributed by atoms with van der Waals surface area (Å²) in [5.74, 6) is 0.998. The lowest BCUT2D eigenvalue weighted by molar-refractivity contribution is -0.121. The maximum Gasteiger partial charge on any atom is 0.220 e. The number of rotatable bonds is 8. The van der Waals surface area contributed by atoms with Crippen molar-refractivity contribution >= 4 is 17.5 Å². The van der Waals surface area contributed by atoms with Crippen LogP contribution in [0.15, 0.2) is 102 Å². The molecule has 0 spiro atoms. The van der Waals surface area contributed by atoms with Gasteiger partial charge in [0.1, 0.15) is 0 Å². The molecule has 0 aliphatic heterocycles. The van der Waals surface area contributed by atoms with E-state index in [4.69, 9.17) is 21.1 Å². The van der Waals surface area contributed by atoms with Crippen molar-refractivity contribution < 1.29 is 9.21 Å². The largest absolute Gasteiger partial charge is 0.441 e. The Kier molecular flexibility index (Phi) is 6.73. The van der Waals surface area contributed by atoms with Crippen molar-refractivity contribution in [1.29, 1.82) is 0 Å². The number of para-hydroxylation sites is 1. The summed E-state index contributed by atoms with van der Waals surface area (Å²) in [5, 5.41) is 8.39. The van der Waals surface area contributed by atoms with Crippen LogP contribution in [-0.4, -0.2) is 20.7 Å². The molecule has 6 nitrogen and oxygen atoms in total. The fourth-order valence-electron chi connectivity index (χ4n) is 3.81. The zero-order valence-electron chi connectivity index (χ0n) is 18.9. The van der Waals surface area contributed by atoms with Gasteiger partial charge in [-0.05, 0) is 24.3 Å². The molecule has 0 saturated heterocycles. The van der Waals surface area contributed by atoms with E-state index in [2.05, 4.69) is 10.3 Å². The summed E-state index contributed by atoms with van der Waals surface area (Å²) < 4.78 is 7.64. The molecule has 7 heteroatoms. The lowest BCUT2D eigenvalue weighted by atomic mass is 10.1. The smallest absolute Gasteiger partial charge is 0.220 e. The van der Waals surface area contributed by atoms with Gasteiger partial charge in [-0.25, -0.2) is 9.67 Å². The second kappa shape index (κ2) is 10.4. The number of hydrogen-bond acceptors (Lipinski definition) is 4. The molecule has 174 valence electrons. The summed E-state index contributed by atoms with van der Waals surface area (Å²) in [4.78, 5) is 16.9. The van der Waals surface area contributed by atoms with Crippen molar-refractivity contribution in [2.24, 2.45) is 0 Å². The van der Waals surface area contributed by atoms with Crippen LogP contribution in [-0.2, 0) is 17.8 Å². The monoisotopic (exact) mass is 482 g/mol. The van der Waals surface area contributed by atoms with Crippen LogP contribution in [0.5, 0.6) is 0 Å². The van der Waals surface area contributed by atoms with E-state index in [0.717, 1.165) is 28.1 Å². The Morgan fingerprint density at radius 3 is 2.43 bits per heavy atom. The fourth-order valence-corrected chi connectivity index (χ4v) is 4.03. The summed E-state index contributed by atoms with van der Waals surface area (Å²) in [6.45, 7) is 0.367. The van der Waals surface area contributed by atoms with Gasteiger partial charge in [-0.1, -0.05) is 72.3 Å². The molecule has 3 aromatic carbocycles. The molecule has 5 rings (SSSR count). The van der Waals surface area contributed by atoms with Gasteiger partial charge in [0.2, 0.25) is 5.91 Å². The van der Waals surface area contributed by atoms with Crippen molar-refractivity contribution in [2.45, 2.75) is 19.4 Å². The molecule has 0 radical (unpaired) electrons. The molecular formula is C28H23ClN4O2. The normalized spacial score (nSPS) is 10.9.